The Labute approximate surface area is 106 Å². The van der Waals surface area contributed by atoms with E-state index in [1.807, 2.05) is 6.08 Å². The summed E-state index contributed by atoms with van der Waals surface area (Å²) in [5, 5.41) is 3.33. The Morgan fingerprint density at radius 3 is 3.00 bits per heavy atom. The Hall–Kier alpha value is -1.26. The maximum absolute atomic E-state index is 13.4. The Morgan fingerprint density at radius 1 is 1.22 bits per heavy atom. The zero-order valence-corrected chi connectivity index (χ0v) is 10.3. The van der Waals surface area contributed by atoms with Gasteiger partial charge in [-0.1, -0.05) is 12.2 Å². The van der Waals surface area contributed by atoms with E-state index in [9.17, 15) is 8.78 Å². The van der Waals surface area contributed by atoms with E-state index >= 15 is 0 Å². The molecular formula is C14H18F2N2. The molecule has 1 fully saturated rings. The minimum absolute atomic E-state index is 0.308. The second-order valence-electron chi connectivity index (χ2n) is 4.47. The second kappa shape index (κ2) is 6.61. The van der Waals surface area contributed by atoms with Gasteiger partial charge in [-0.05, 0) is 37.7 Å². The van der Waals surface area contributed by atoms with Gasteiger partial charge in [0.05, 0.1) is 0 Å². The predicted molar refractivity (Wildman–Crippen MR) is 69.3 cm³/mol. The quantitative estimate of drug-likeness (QED) is 0.887. The monoisotopic (exact) mass is 252 g/mol. The van der Waals surface area contributed by atoms with Gasteiger partial charge in [0.25, 0.3) is 0 Å². The molecule has 0 bridgehead atoms. The Balaban J connectivity index is 1.91. The third-order valence-corrected chi connectivity index (χ3v) is 3.05. The molecule has 1 aromatic carbocycles. The van der Waals surface area contributed by atoms with Gasteiger partial charge in [-0.15, -0.1) is 0 Å². The minimum Gasteiger partial charge on any atom is -0.315 e. The number of hydrogen-bond acceptors (Lipinski definition) is 2. The standard InChI is InChI=1S/C14H18F2N2/c15-13-4-5-14(16)12(11-13)3-1-8-18-9-2-6-17-7-10-18/h1,3-5,11,17H,2,6-10H2/b3-1+. The first-order chi connectivity index (χ1) is 8.75. The van der Waals surface area contributed by atoms with Gasteiger partial charge in [-0.25, -0.2) is 8.78 Å². The second-order valence-corrected chi connectivity index (χ2v) is 4.47. The first-order valence-electron chi connectivity index (χ1n) is 6.30. The van der Waals surface area contributed by atoms with Crippen LogP contribution in [-0.2, 0) is 0 Å². The van der Waals surface area contributed by atoms with Gasteiger partial charge in [0, 0.05) is 25.2 Å². The van der Waals surface area contributed by atoms with Crippen molar-refractivity contribution in [2.45, 2.75) is 6.42 Å². The molecule has 1 saturated heterocycles. The summed E-state index contributed by atoms with van der Waals surface area (Å²) in [5.74, 6) is -0.791. The lowest BCUT2D eigenvalue weighted by molar-refractivity contribution is 0.324. The van der Waals surface area contributed by atoms with E-state index in [0.29, 0.717) is 5.56 Å². The summed E-state index contributed by atoms with van der Waals surface area (Å²) in [5.41, 5.74) is 0.308. The molecule has 1 heterocycles. The van der Waals surface area contributed by atoms with Gasteiger partial charge in [-0.2, -0.15) is 0 Å². The summed E-state index contributed by atoms with van der Waals surface area (Å²) < 4.78 is 26.3. The van der Waals surface area contributed by atoms with E-state index in [2.05, 4.69) is 10.2 Å². The molecule has 18 heavy (non-hydrogen) atoms. The summed E-state index contributed by atoms with van der Waals surface area (Å²) in [6.45, 7) is 4.86. The molecule has 1 aliphatic heterocycles. The molecule has 1 aromatic rings. The van der Waals surface area contributed by atoms with Crippen LogP contribution >= 0.6 is 0 Å². The summed E-state index contributed by atoms with van der Waals surface area (Å²) in [6, 6.07) is 3.51. The molecule has 0 spiro atoms. The number of benzene rings is 1. The molecule has 0 amide bonds. The van der Waals surface area contributed by atoms with Gasteiger partial charge in [0.1, 0.15) is 11.6 Å². The fourth-order valence-electron chi connectivity index (χ4n) is 2.06. The van der Waals surface area contributed by atoms with Crippen LogP contribution in [0.25, 0.3) is 6.08 Å². The van der Waals surface area contributed by atoms with Crippen LogP contribution in [0.3, 0.4) is 0 Å². The van der Waals surface area contributed by atoms with Crippen molar-refractivity contribution in [3.8, 4) is 0 Å². The Kier molecular flexibility index (Phi) is 4.84. The van der Waals surface area contributed by atoms with Gasteiger partial charge < -0.3 is 5.32 Å². The molecule has 0 unspecified atom stereocenters. The Bertz CT molecular complexity index is 410. The highest BCUT2D eigenvalue weighted by atomic mass is 19.1. The predicted octanol–water partition coefficient (Wildman–Crippen LogP) is 2.27. The summed E-state index contributed by atoms with van der Waals surface area (Å²) in [6.07, 6.45) is 4.67. The van der Waals surface area contributed by atoms with Crippen LogP contribution in [0, 0.1) is 11.6 Å². The van der Waals surface area contributed by atoms with Crippen molar-refractivity contribution >= 4 is 6.08 Å². The summed E-state index contributed by atoms with van der Waals surface area (Å²) in [7, 11) is 0. The molecule has 0 aromatic heterocycles. The van der Waals surface area contributed by atoms with Crippen molar-refractivity contribution in [1.82, 2.24) is 10.2 Å². The molecule has 1 aliphatic rings. The average Bonchev–Trinajstić information content (AvgIpc) is 2.62. The lowest BCUT2D eigenvalue weighted by Gasteiger charge is -2.16. The maximum atomic E-state index is 13.4. The largest absolute Gasteiger partial charge is 0.315 e. The van der Waals surface area contributed by atoms with E-state index < -0.39 is 5.82 Å². The lowest BCUT2D eigenvalue weighted by atomic mass is 10.2. The number of halogens is 2. The van der Waals surface area contributed by atoms with E-state index in [0.717, 1.165) is 51.3 Å². The average molecular weight is 252 g/mol. The van der Waals surface area contributed by atoms with Gasteiger partial charge in [0.15, 0.2) is 0 Å². The van der Waals surface area contributed by atoms with E-state index in [1.165, 1.54) is 6.07 Å². The van der Waals surface area contributed by atoms with E-state index in [-0.39, 0.29) is 5.82 Å². The van der Waals surface area contributed by atoms with E-state index in [4.69, 9.17) is 0 Å². The molecule has 2 nitrogen and oxygen atoms in total. The molecule has 2 rings (SSSR count). The van der Waals surface area contributed by atoms with Crippen molar-refractivity contribution in [3.63, 3.8) is 0 Å². The minimum atomic E-state index is -0.407. The number of rotatable bonds is 3. The molecule has 0 radical (unpaired) electrons. The topological polar surface area (TPSA) is 15.3 Å². The van der Waals surface area contributed by atoms with Crippen molar-refractivity contribution in [1.29, 1.82) is 0 Å². The fourth-order valence-corrected chi connectivity index (χ4v) is 2.06. The van der Waals surface area contributed by atoms with E-state index in [1.54, 1.807) is 6.08 Å². The molecule has 4 heteroatoms. The zero-order chi connectivity index (χ0) is 12.8. The number of nitrogens with zero attached hydrogens (tertiary/aromatic N) is 1. The van der Waals surface area contributed by atoms with Crippen LogP contribution in [0.5, 0.6) is 0 Å². The van der Waals surface area contributed by atoms with Crippen LogP contribution in [-0.4, -0.2) is 37.6 Å². The first-order valence-corrected chi connectivity index (χ1v) is 6.30. The van der Waals surface area contributed by atoms with Gasteiger partial charge in [0.2, 0.25) is 0 Å². The zero-order valence-electron chi connectivity index (χ0n) is 10.3. The highest BCUT2D eigenvalue weighted by Gasteiger charge is 2.06. The van der Waals surface area contributed by atoms with Crippen LogP contribution in [0.15, 0.2) is 24.3 Å². The van der Waals surface area contributed by atoms with Crippen molar-refractivity contribution in [2.24, 2.45) is 0 Å². The van der Waals surface area contributed by atoms with Crippen LogP contribution < -0.4 is 5.32 Å². The van der Waals surface area contributed by atoms with Gasteiger partial charge in [-0.3, -0.25) is 4.90 Å². The molecule has 0 aliphatic carbocycles. The van der Waals surface area contributed by atoms with Gasteiger partial charge >= 0.3 is 0 Å². The number of hydrogen-bond donors (Lipinski definition) is 1. The highest BCUT2D eigenvalue weighted by Crippen LogP contribution is 2.11. The van der Waals surface area contributed by atoms with Crippen molar-refractivity contribution in [3.05, 3.63) is 41.5 Å². The number of nitrogens with one attached hydrogen (secondary N) is 1. The van der Waals surface area contributed by atoms with Crippen LogP contribution in [0.4, 0.5) is 8.78 Å². The molecule has 1 N–H and O–H groups in total. The normalized spacial score (nSPS) is 18.1. The summed E-state index contributed by atoms with van der Waals surface area (Å²) in [4.78, 5) is 2.30. The summed E-state index contributed by atoms with van der Waals surface area (Å²) >= 11 is 0. The Morgan fingerprint density at radius 2 is 2.11 bits per heavy atom. The lowest BCUT2D eigenvalue weighted by Crippen LogP contribution is -2.28. The maximum Gasteiger partial charge on any atom is 0.130 e. The van der Waals surface area contributed by atoms with Crippen LogP contribution in [0.1, 0.15) is 12.0 Å². The SMILES string of the molecule is Fc1ccc(F)c(/C=C/CN2CCCNCC2)c1. The van der Waals surface area contributed by atoms with Crippen LogP contribution in [0.2, 0.25) is 0 Å². The highest BCUT2D eigenvalue weighted by molar-refractivity contribution is 5.50. The smallest absolute Gasteiger partial charge is 0.130 e. The van der Waals surface area contributed by atoms with Crippen molar-refractivity contribution < 1.29 is 8.78 Å². The molecule has 98 valence electrons. The molecule has 0 saturated carbocycles. The molecule has 0 atom stereocenters. The first kappa shape index (κ1) is 13.2. The van der Waals surface area contributed by atoms with Crippen molar-refractivity contribution in [2.75, 3.05) is 32.7 Å². The fraction of sp³-hybridized carbons (Fsp3) is 0.429. The third-order valence-electron chi connectivity index (χ3n) is 3.05. The molecular weight excluding hydrogens is 234 g/mol. The third kappa shape index (κ3) is 3.89.